The first-order valence-corrected chi connectivity index (χ1v) is 5.76. The Labute approximate surface area is 105 Å². The van der Waals surface area contributed by atoms with E-state index < -0.39 is 11.6 Å². The molecule has 0 spiro atoms. The lowest BCUT2D eigenvalue weighted by Crippen LogP contribution is -2.39. The Morgan fingerprint density at radius 2 is 2.11 bits per heavy atom. The highest BCUT2D eigenvalue weighted by Crippen LogP contribution is 2.26. The Morgan fingerprint density at radius 3 is 2.67 bits per heavy atom. The van der Waals surface area contributed by atoms with E-state index in [2.05, 4.69) is 0 Å². The van der Waals surface area contributed by atoms with Gasteiger partial charge in [-0.15, -0.1) is 0 Å². The van der Waals surface area contributed by atoms with Crippen LogP contribution in [0.1, 0.15) is 12.8 Å². The van der Waals surface area contributed by atoms with Gasteiger partial charge in [0.05, 0.1) is 32.8 Å². The number of rotatable bonds is 7. The van der Waals surface area contributed by atoms with Gasteiger partial charge in [0.15, 0.2) is 0 Å². The lowest BCUT2D eigenvalue weighted by molar-refractivity contribution is -0.150. The molecule has 1 aliphatic rings. The Kier molecular flexibility index (Phi) is 5.49. The smallest absolute Gasteiger partial charge is 0.343 e. The SMILES string of the molecule is COCCOCCC(=O)N1CCC(F)(C(=O)O)C1. The number of amides is 1. The van der Waals surface area contributed by atoms with Crippen molar-refractivity contribution < 1.29 is 28.6 Å². The fraction of sp³-hybridized carbons (Fsp3) is 0.818. The Bertz CT molecular complexity index is 312. The summed E-state index contributed by atoms with van der Waals surface area (Å²) in [6.45, 7) is 0.834. The highest BCUT2D eigenvalue weighted by Gasteiger charge is 2.46. The van der Waals surface area contributed by atoms with E-state index >= 15 is 0 Å². The van der Waals surface area contributed by atoms with E-state index in [1.807, 2.05) is 0 Å². The van der Waals surface area contributed by atoms with Crippen LogP contribution in [0.2, 0.25) is 0 Å². The summed E-state index contributed by atoms with van der Waals surface area (Å²) in [4.78, 5) is 23.5. The summed E-state index contributed by atoms with van der Waals surface area (Å²) in [6.07, 6.45) is -0.0297. The van der Waals surface area contributed by atoms with Crippen LogP contribution >= 0.6 is 0 Å². The molecule has 0 aromatic rings. The molecule has 1 rings (SSSR count). The summed E-state index contributed by atoms with van der Waals surface area (Å²) >= 11 is 0. The van der Waals surface area contributed by atoms with E-state index in [1.54, 1.807) is 7.11 Å². The van der Waals surface area contributed by atoms with Gasteiger partial charge in [0.2, 0.25) is 11.6 Å². The normalized spacial score (nSPS) is 23.3. The molecule has 18 heavy (non-hydrogen) atoms. The van der Waals surface area contributed by atoms with Crippen molar-refractivity contribution in [2.75, 3.05) is 40.0 Å². The summed E-state index contributed by atoms with van der Waals surface area (Å²) in [5.74, 6) is -1.79. The maximum Gasteiger partial charge on any atom is 0.343 e. The first-order valence-electron chi connectivity index (χ1n) is 5.76. The molecule has 1 aliphatic heterocycles. The molecule has 1 atom stereocenters. The first kappa shape index (κ1) is 14.8. The zero-order valence-corrected chi connectivity index (χ0v) is 10.4. The Morgan fingerprint density at radius 1 is 1.39 bits per heavy atom. The van der Waals surface area contributed by atoms with Gasteiger partial charge >= 0.3 is 5.97 Å². The molecule has 7 heteroatoms. The average molecular weight is 263 g/mol. The topological polar surface area (TPSA) is 76.1 Å². The largest absolute Gasteiger partial charge is 0.479 e. The van der Waals surface area contributed by atoms with E-state index in [9.17, 15) is 14.0 Å². The molecule has 0 aromatic heterocycles. The molecule has 0 bridgehead atoms. The molecule has 1 saturated heterocycles. The van der Waals surface area contributed by atoms with Crippen LogP contribution in [-0.4, -0.2) is 67.6 Å². The molecule has 1 N–H and O–H groups in total. The molecular weight excluding hydrogens is 245 g/mol. The second-order valence-electron chi connectivity index (χ2n) is 4.19. The number of carboxylic acids is 1. The molecule has 0 radical (unpaired) electrons. The zero-order valence-electron chi connectivity index (χ0n) is 10.4. The van der Waals surface area contributed by atoms with Gasteiger partial charge in [-0.25, -0.2) is 9.18 Å². The Hall–Kier alpha value is -1.21. The second kappa shape index (κ2) is 6.65. The van der Waals surface area contributed by atoms with Gasteiger partial charge in [-0.1, -0.05) is 0 Å². The fourth-order valence-corrected chi connectivity index (χ4v) is 1.72. The molecule has 6 nitrogen and oxygen atoms in total. The van der Waals surface area contributed by atoms with Gasteiger partial charge in [-0.2, -0.15) is 0 Å². The van der Waals surface area contributed by atoms with Crippen LogP contribution < -0.4 is 0 Å². The van der Waals surface area contributed by atoms with Gasteiger partial charge < -0.3 is 19.5 Å². The molecule has 1 fully saturated rings. The minimum atomic E-state index is -2.30. The van der Waals surface area contributed by atoms with E-state index in [1.165, 1.54) is 4.90 Å². The number of nitrogens with zero attached hydrogens (tertiary/aromatic N) is 1. The predicted octanol–water partition coefficient (Wildman–Crippen LogP) is 0.0647. The van der Waals surface area contributed by atoms with E-state index in [-0.39, 0.29) is 38.4 Å². The fourth-order valence-electron chi connectivity index (χ4n) is 1.72. The van der Waals surface area contributed by atoms with E-state index in [0.29, 0.717) is 13.2 Å². The number of likely N-dealkylation sites (tertiary alicyclic amines) is 1. The molecule has 104 valence electrons. The summed E-state index contributed by atoms with van der Waals surface area (Å²) in [5, 5.41) is 8.69. The van der Waals surface area contributed by atoms with Crippen molar-refractivity contribution in [2.45, 2.75) is 18.5 Å². The second-order valence-corrected chi connectivity index (χ2v) is 4.19. The molecular formula is C11H18FNO5. The maximum atomic E-state index is 13.7. The van der Waals surface area contributed by atoms with Gasteiger partial charge in [-0.3, -0.25) is 4.79 Å². The van der Waals surface area contributed by atoms with Gasteiger partial charge in [0, 0.05) is 20.1 Å². The van der Waals surface area contributed by atoms with Crippen molar-refractivity contribution >= 4 is 11.9 Å². The highest BCUT2D eigenvalue weighted by atomic mass is 19.1. The molecule has 1 heterocycles. The third kappa shape index (κ3) is 3.92. The number of carbonyl (C=O) groups is 2. The summed E-state index contributed by atoms with van der Waals surface area (Å²) in [7, 11) is 1.55. The number of carbonyl (C=O) groups excluding carboxylic acids is 1. The highest BCUT2D eigenvalue weighted by molar-refractivity contribution is 5.82. The van der Waals surface area contributed by atoms with Crippen molar-refractivity contribution in [1.82, 2.24) is 4.90 Å². The standard InChI is InChI=1S/C11H18FNO5/c1-17-6-7-18-5-2-9(14)13-4-3-11(12,8-13)10(15)16/h2-8H2,1H3,(H,15,16). The van der Waals surface area contributed by atoms with Crippen LogP contribution in [0.5, 0.6) is 0 Å². The number of ether oxygens (including phenoxy) is 2. The van der Waals surface area contributed by atoms with Gasteiger partial charge in [0.1, 0.15) is 0 Å². The molecule has 0 saturated carbocycles. The minimum Gasteiger partial charge on any atom is -0.479 e. The summed E-state index contributed by atoms with van der Waals surface area (Å²) < 4.78 is 23.6. The number of carboxylic acid groups (broad SMARTS) is 1. The number of halogens is 1. The van der Waals surface area contributed by atoms with Crippen molar-refractivity contribution in [3.05, 3.63) is 0 Å². The zero-order chi connectivity index (χ0) is 13.6. The quantitative estimate of drug-likeness (QED) is 0.657. The lowest BCUT2D eigenvalue weighted by atomic mass is 10.1. The maximum absolute atomic E-state index is 13.7. The first-order chi connectivity index (χ1) is 8.49. The van der Waals surface area contributed by atoms with Crippen LogP contribution in [0.25, 0.3) is 0 Å². The minimum absolute atomic E-state index is 0.124. The molecule has 1 amide bonds. The van der Waals surface area contributed by atoms with Gasteiger partial charge in [-0.05, 0) is 0 Å². The van der Waals surface area contributed by atoms with Crippen molar-refractivity contribution in [1.29, 1.82) is 0 Å². The van der Waals surface area contributed by atoms with Crippen LogP contribution in [0.3, 0.4) is 0 Å². The van der Waals surface area contributed by atoms with E-state index in [0.717, 1.165) is 0 Å². The number of methoxy groups -OCH3 is 1. The average Bonchev–Trinajstić information content (AvgIpc) is 2.73. The number of hydrogen-bond acceptors (Lipinski definition) is 4. The molecule has 1 unspecified atom stereocenters. The number of alkyl halides is 1. The van der Waals surface area contributed by atoms with Crippen molar-refractivity contribution in [2.24, 2.45) is 0 Å². The van der Waals surface area contributed by atoms with Crippen molar-refractivity contribution in [3.8, 4) is 0 Å². The summed E-state index contributed by atoms with van der Waals surface area (Å²) in [5.41, 5.74) is -2.30. The van der Waals surface area contributed by atoms with E-state index in [4.69, 9.17) is 14.6 Å². The predicted molar refractivity (Wildman–Crippen MR) is 60.0 cm³/mol. The van der Waals surface area contributed by atoms with Gasteiger partial charge in [0.25, 0.3) is 0 Å². The van der Waals surface area contributed by atoms with Crippen molar-refractivity contribution in [3.63, 3.8) is 0 Å². The monoisotopic (exact) mass is 263 g/mol. The number of hydrogen-bond donors (Lipinski definition) is 1. The van der Waals surface area contributed by atoms with Crippen LogP contribution in [0.15, 0.2) is 0 Å². The van der Waals surface area contributed by atoms with Crippen LogP contribution in [0, 0.1) is 0 Å². The lowest BCUT2D eigenvalue weighted by Gasteiger charge is -2.17. The third-order valence-corrected chi connectivity index (χ3v) is 2.85. The molecule has 0 aliphatic carbocycles. The van der Waals surface area contributed by atoms with Crippen LogP contribution in [0.4, 0.5) is 4.39 Å². The van der Waals surface area contributed by atoms with Crippen LogP contribution in [-0.2, 0) is 19.1 Å². The summed E-state index contributed by atoms with van der Waals surface area (Å²) in [6, 6.07) is 0. The third-order valence-electron chi connectivity index (χ3n) is 2.85. The Balaban J connectivity index is 2.26. The number of aliphatic carboxylic acids is 1. The molecule has 0 aromatic carbocycles.